The maximum Gasteiger partial charge on any atom is 0.344 e. The van der Waals surface area contributed by atoms with Gasteiger partial charge in [0.2, 0.25) is 5.91 Å². The summed E-state index contributed by atoms with van der Waals surface area (Å²) >= 11 is 15.4. The van der Waals surface area contributed by atoms with Crippen molar-refractivity contribution < 1.29 is 28.9 Å². The van der Waals surface area contributed by atoms with E-state index in [9.17, 15) is 14.7 Å². The summed E-state index contributed by atoms with van der Waals surface area (Å²) in [5, 5.41) is 12.0. The summed E-state index contributed by atoms with van der Waals surface area (Å²) in [5.74, 6) is -0.420. The largest absolute Gasteiger partial charge is 0.506 e. The lowest BCUT2D eigenvalue weighted by molar-refractivity contribution is -0.138. The van der Waals surface area contributed by atoms with Crippen LogP contribution in [-0.2, 0) is 20.9 Å². The molecule has 0 unspecified atom stereocenters. The minimum absolute atomic E-state index is 0.113. The van der Waals surface area contributed by atoms with Gasteiger partial charge in [0.1, 0.15) is 23.0 Å². The van der Waals surface area contributed by atoms with Crippen molar-refractivity contribution >= 4 is 80.6 Å². The molecule has 0 saturated heterocycles. The van der Waals surface area contributed by atoms with E-state index in [0.717, 1.165) is 20.9 Å². The highest BCUT2D eigenvalue weighted by Crippen LogP contribution is 2.41. The van der Waals surface area contributed by atoms with E-state index in [4.69, 9.17) is 37.4 Å². The van der Waals surface area contributed by atoms with Crippen LogP contribution in [0.1, 0.15) is 37.8 Å². The predicted molar refractivity (Wildman–Crippen MR) is 156 cm³/mol. The maximum absolute atomic E-state index is 12.5. The van der Waals surface area contributed by atoms with Crippen LogP contribution < -0.4 is 9.47 Å². The second kappa shape index (κ2) is 13.5. The molecule has 0 aliphatic carbocycles. The number of hydrogen-bond acceptors (Lipinski definition) is 7. The van der Waals surface area contributed by atoms with Gasteiger partial charge in [-0.05, 0) is 71.8 Å². The SMILES string of the molecule is CCCC(=O)N=C1S/C(=C\c2cc(I)c(OCc3ccc(Cl)cc3Cl)c(OC)c2)C(O)=C1C(=O)OCC. The van der Waals surface area contributed by atoms with Gasteiger partial charge in [-0.1, -0.05) is 48.0 Å². The van der Waals surface area contributed by atoms with Crippen molar-refractivity contribution in [2.24, 2.45) is 4.99 Å². The summed E-state index contributed by atoms with van der Waals surface area (Å²) in [6.45, 7) is 3.84. The molecule has 0 spiro atoms. The number of benzene rings is 2. The second-order valence-electron chi connectivity index (χ2n) is 7.67. The summed E-state index contributed by atoms with van der Waals surface area (Å²) in [6.07, 6.45) is 2.53. The summed E-state index contributed by atoms with van der Waals surface area (Å²) in [4.78, 5) is 29.0. The first kappa shape index (κ1) is 29.3. The number of carbonyl (C=O) groups is 2. The maximum atomic E-state index is 12.5. The standard InChI is InChI=1S/C26H24Cl2INO6S/c1-4-6-21(31)30-25-22(26(33)35-5-2)23(32)20(37-25)11-14-9-18(29)24(19(10-14)34-3)36-13-15-7-8-16(27)12-17(15)28/h7-12,32H,4-6,13H2,1-3H3/b20-11-,30-25?. The molecule has 1 aliphatic heterocycles. The van der Waals surface area contributed by atoms with E-state index in [1.54, 1.807) is 37.3 Å². The molecule has 3 rings (SSSR count). The molecule has 1 N–H and O–H groups in total. The van der Waals surface area contributed by atoms with Crippen LogP contribution in [0, 0.1) is 3.57 Å². The molecule has 0 bridgehead atoms. The van der Waals surface area contributed by atoms with Crippen LogP contribution >= 0.6 is 57.6 Å². The Morgan fingerprint density at radius 2 is 1.95 bits per heavy atom. The lowest BCUT2D eigenvalue weighted by Crippen LogP contribution is -2.14. The zero-order valence-corrected chi connectivity index (χ0v) is 24.8. The summed E-state index contributed by atoms with van der Waals surface area (Å²) < 4.78 is 17.4. The third-order valence-electron chi connectivity index (χ3n) is 5.00. The first-order valence-corrected chi connectivity index (χ1v) is 13.9. The third kappa shape index (κ3) is 7.43. The number of nitrogens with zero attached hydrogens (tertiary/aromatic N) is 1. The molecule has 0 fully saturated rings. The van der Waals surface area contributed by atoms with Crippen LogP contribution in [0.3, 0.4) is 0 Å². The molecule has 37 heavy (non-hydrogen) atoms. The molecular formula is C26H24Cl2INO6S. The average molecular weight is 676 g/mol. The Kier molecular flexibility index (Phi) is 10.7. The van der Waals surface area contributed by atoms with Gasteiger partial charge < -0.3 is 19.3 Å². The van der Waals surface area contributed by atoms with Gasteiger partial charge >= 0.3 is 5.97 Å². The number of thioether (sulfide) groups is 1. The van der Waals surface area contributed by atoms with Gasteiger partial charge in [-0.15, -0.1) is 0 Å². The number of aliphatic imine (C=N–C) groups is 1. The Balaban J connectivity index is 1.94. The Bertz CT molecular complexity index is 1310. The first-order chi connectivity index (χ1) is 17.7. The van der Waals surface area contributed by atoms with E-state index in [1.807, 2.05) is 13.0 Å². The van der Waals surface area contributed by atoms with Crippen molar-refractivity contribution in [3.63, 3.8) is 0 Å². The number of methoxy groups -OCH3 is 1. The van der Waals surface area contributed by atoms with Crippen molar-refractivity contribution in [3.05, 3.63) is 71.3 Å². The Morgan fingerprint density at radius 1 is 1.19 bits per heavy atom. The number of aliphatic hydroxyl groups excluding tert-OH is 1. The molecule has 1 aliphatic rings. The van der Waals surface area contributed by atoms with Crippen LogP contribution in [0.4, 0.5) is 0 Å². The number of rotatable bonds is 9. The highest BCUT2D eigenvalue weighted by molar-refractivity contribution is 14.1. The molecule has 2 aromatic carbocycles. The van der Waals surface area contributed by atoms with Crippen LogP contribution in [0.2, 0.25) is 10.0 Å². The van der Waals surface area contributed by atoms with Gasteiger partial charge in [0.15, 0.2) is 11.5 Å². The zero-order chi connectivity index (χ0) is 27.1. The fourth-order valence-corrected chi connectivity index (χ4v) is 5.55. The van der Waals surface area contributed by atoms with Crippen molar-refractivity contribution in [3.8, 4) is 11.5 Å². The topological polar surface area (TPSA) is 94.4 Å². The minimum Gasteiger partial charge on any atom is -0.506 e. The smallest absolute Gasteiger partial charge is 0.344 e. The Hall–Kier alpha value is -2.21. The van der Waals surface area contributed by atoms with E-state index in [1.165, 1.54) is 7.11 Å². The number of aliphatic hydroxyl groups is 1. The van der Waals surface area contributed by atoms with Crippen LogP contribution in [0.25, 0.3) is 6.08 Å². The van der Waals surface area contributed by atoms with Crippen LogP contribution in [0.15, 0.2) is 51.6 Å². The monoisotopic (exact) mass is 675 g/mol. The molecule has 1 heterocycles. The lowest BCUT2D eigenvalue weighted by atomic mass is 10.1. The fourth-order valence-electron chi connectivity index (χ4n) is 3.28. The molecule has 7 nitrogen and oxygen atoms in total. The van der Waals surface area contributed by atoms with E-state index >= 15 is 0 Å². The van der Waals surface area contributed by atoms with Gasteiger partial charge in [-0.2, -0.15) is 0 Å². The van der Waals surface area contributed by atoms with E-state index in [2.05, 4.69) is 27.6 Å². The third-order valence-corrected chi connectivity index (χ3v) is 7.41. The molecule has 2 aromatic rings. The molecule has 0 atom stereocenters. The van der Waals surface area contributed by atoms with E-state index in [0.29, 0.717) is 38.4 Å². The van der Waals surface area contributed by atoms with E-state index < -0.39 is 5.97 Å². The number of hydrogen-bond donors (Lipinski definition) is 1. The van der Waals surface area contributed by atoms with Crippen molar-refractivity contribution in [2.45, 2.75) is 33.3 Å². The molecule has 196 valence electrons. The summed E-state index contributed by atoms with van der Waals surface area (Å²) in [6, 6.07) is 8.76. The molecule has 11 heteroatoms. The number of ether oxygens (including phenoxy) is 3. The van der Waals surface area contributed by atoms with Gasteiger partial charge in [0.25, 0.3) is 0 Å². The summed E-state index contributed by atoms with van der Waals surface area (Å²) in [7, 11) is 1.52. The molecule has 1 amide bonds. The first-order valence-electron chi connectivity index (χ1n) is 11.2. The lowest BCUT2D eigenvalue weighted by Gasteiger charge is -2.14. The number of amides is 1. The van der Waals surface area contributed by atoms with Crippen LogP contribution in [-0.4, -0.2) is 35.7 Å². The second-order valence-corrected chi connectivity index (χ2v) is 10.7. The fraction of sp³-hybridized carbons (Fsp3) is 0.269. The van der Waals surface area contributed by atoms with Crippen molar-refractivity contribution in [2.75, 3.05) is 13.7 Å². The van der Waals surface area contributed by atoms with Crippen molar-refractivity contribution in [1.29, 1.82) is 0 Å². The normalized spacial score (nSPS) is 15.4. The predicted octanol–water partition coefficient (Wildman–Crippen LogP) is 7.37. The highest BCUT2D eigenvalue weighted by atomic mass is 127. The minimum atomic E-state index is -0.740. The average Bonchev–Trinajstić information content (AvgIpc) is 3.13. The molecule has 0 radical (unpaired) electrons. The number of esters is 1. The van der Waals surface area contributed by atoms with Gasteiger partial charge in [-0.25, -0.2) is 9.79 Å². The Labute approximate surface area is 243 Å². The van der Waals surface area contributed by atoms with Gasteiger partial charge in [0.05, 0.1) is 22.2 Å². The number of carbonyl (C=O) groups excluding carboxylic acids is 2. The highest BCUT2D eigenvalue weighted by Gasteiger charge is 2.33. The van der Waals surface area contributed by atoms with Gasteiger partial charge in [0, 0.05) is 22.0 Å². The molecular weight excluding hydrogens is 652 g/mol. The Morgan fingerprint density at radius 3 is 2.59 bits per heavy atom. The van der Waals surface area contributed by atoms with E-state index in [-0.39, 0.29) is 41.9 Å². The zero-order valence-electron chi connectivity index (χ0n) is 20.3. The molecule has 0 saturated carbocycles. The summed E-state index contributed by atoms with van der Waals surface area (Å²) in [5.41, 5.74) is 1.32. The number of halogens is 3. The molecule has 0 aromatic heterocycles. The van der Waals surface area contributed by atoms with Crippen LogP contribution in [0.5, 0.6) is 11.5 Å². The quantitative estimate of drug-likeness (QED) is 0.219. The van der Waals surface area contributed by atoms with Crippen molar-refractivity contribution in [1.82, 2.24) is 0 Å². The van der Waals surface area contributed by atoms with Gasteiger partial charge in [-0.3, -0.25) is 4.79 Å².